The van der Waals surface area contributed by atoms with Crippen LogP contribution in [-0.2, 0) is 27.9 Å². The molecule has 1 fully saturated rings. The Hall–Kier alpha value is -2.58. The molecule has 1 amide bonds. The normalized spacial score (nSPS) is 15.3. The minimum Gasteiger partial charge on any atom is -0.497 e. The van der Waals surface area contributed by atoms with Gasteiger partial charge in [0.15, 0.2) is 0 Å². The first kappa shape index (κ1) is 24.1. The minimum atomic E-state index is -3.68. The average molecular weight is 460 g/mol. The fourth-order valence-corrected chi connectivity index (χ4v) is 5.37. The second-order valence-corrected chi connectivity index (χ2v) is 10.0. The van der Waals surface area contributed by atoms with E-state index in [9.17, 15) is 13.2 Å². The van der Waals surface area contributed by atoms with Crippen molar-refractivity contribution in [2.75, 3.05) is 30.8 Å². The summed E-state index contributed by atoms with van der Waals surface area (Å²) >= 11 is 0. The average Bonchev–Trinajstić information content (AvgIpc) is 3.29. The lowest BCUT2D eigenvalue weighted by molar-refractivity contribution is -0.122. The molecule has 1 N–H and O–H groups in total. The lowest BCUT2D eigenvalue weighted by Crippen LogP contribution is -2.49. The number of anilines is 1. The quantitative estimate of drug-likeness (QED) is 0.591. The van der Waals surface area contributed by atoms with Gasteiger partial charge in [0, 0.05) is 13.1 Å². The number of sulfonamides is 1. The number of carbonyl (C=O) groups excluding carboxylic acids is 1. The molecule has 1 heterocycles. The standard InChI is InChI=1S/C24H33N3O4S/c1-4-23(27(32(3,29)30)21-11-13-22(31-2)14-12-21)24(28)25-17-19-9-5-6-10-20(19)18-26-15-7-8-16-26/h5-6,9-14,23H,4,7-8,15-18H2,1-3H3,(H,25,28)/t23-/m1/s1. The minimum absolute atomic E-state index is 0.315. The molecule has 1 aliphatic rings. The second-order valence-electron chi connectivity index (χ2n) is 8.15. The first-order chi connectivity index (χ1) is 15.3. The summed E-state index contributed by atoms with van der Waals surface area (Å²) < 4.78 is 31.6. The molecule has 1 aliphatic heterocycles. The SMILES string of the molecule is CC[C@H](C(=O)NCc1ccccc1CN1CCCC1)N(c1ccc(OC)cc1)S(C)(=O)=O. The van der Waals surface area contributed by atoms with E-state index in [4.69, 9.17) is 4.74 Å². The van der Waals surface area contributed by atoms with Crippen LogP contribution in [0.4, 0.5) is 5.69 Å². The van der Waals surface area contributed by atoms with Crippen molar-refractivity contribution < 1.29 is 17.9 Å². The highest BCUT2D eigenvalue weighted by Gasteiger charge is 2.31. The van der Waals surface area contributed by atoms with Gasteiger partial charge in [0.05, 0.1) is 19.1 Å². The van der Waals surface area contributed by atoms with Crippen molar-refractivity contribution in [3.63, 3.8) is 0 Å². The summed E-state index contributed by atoms with van der Waals surface area (Å²) in [6.07, 6.45) is 3.92. The molecule has 0 saturated carbocycles. The first-order valence-electron chi connectivity index (χ1n) is 11.0. The smallest absolute Gasteiger partial charge is 0.244 e. The first-order valence-corrected chi connectivity index (χ1v) is 12.9. The van der Waals surface area contributed by atoms with Crippen molar-refractivity contribution in [2.24, 2.45) is 0 Å². The number of nitrogens with zero attached hydrogens (tertiary/aromatic N) is 2. The van der Waals surface area contributed by atoms with Gasteiger partial charge < -0.3 is 10.1 Å². The van der Waals surface area contributed by atoms with Crippen LogP contribution in [0.2, 0.25) is 0 Å². The summed E-state index contributed by atoms with van der Waals surface area (Å²) in [4.78, 5) is 15.6. The van der Waals surface area contributed by atoms with Gasteiger partial charge in [-0.1, -0.05) is 31.2 Å². The molecule has 32 heavy (non-hydrogen) atoms. The van der Waals surface area contributed by atoms with Crippen molar-refractivity contribution in [2.45, 2.75) is 45.3 Å². The molecule has 0 aliphatic carbocycles. The predicted octanol–water partition coefficient (Wildman–Crippen LogP) is 3.15. The molecule has 0 aromatic heterocycles. The zero-order valence-corrected chi connectivity index (χ0v) is 19.9. The van der Waals surface area contributed by atoms with Gasteiger partial charge >= 0.3 is 0 Å². The molecule has 2 aromatic carbocycles. The third-order valence-electron chi connectivity index (χ3n) is 5.82. The van der Waals surface area contributed by atoms with Gasteiger partial charge in [0.25, 0.3) is 0 Å². The topological polar surface area (TPSA) is 79.0 Å². The van der Waals surface area contributed by atoms with Gasteiger partial charge in [-0.3, -0.25) is 14.0 Å². The zero-order valence-electron chi connectivity index (χ0n) is 19.1. The number of likely N-dealkylation sites (tertiary alicyclic amines) is 1. The van der Waals surface area contributed by atoms with E-state index in [1.54, 1.807) is 31.4 Å². The number of carbonyl (C=O) groups is 1. The Bertz CT molecular complexity index is 1000. The van der Waals surface area contributed by atoms with Crippen molar-refractivity contribution in [3.05, 3.63) is 59.7 Å². The maximum Gasteiger partial charge on any atom is 0.244 e. The van der Waals surface area contributed by atoms with Crippen LogP contribution < -0.4 is 14.4 Å². The summed E-state index contributed by atoms with van der Waals surface area (Å²) in [5, 5.41) is 2.97. The number of benzene rings is 2. The van der Waals surface area contributed by atoms with Gasteiger partial charge in [-0.25, -0.2) is 8.42 Å². The highest BCUT2D eigenvalue weighted by molar-refractivity contribution is 7.92. The summed E-state index contributed by atoms with van der Waals surface area (Å²) in [6.45, 7) is 5.24. The Morgan fingerprint density at radius 1 is 1.09 bits per heavy atom. The number of ether oxygens (including phenoxy) is 1. The van der Waals surface area contributed by atoms with Gasteiger partial charge in [-0.05, 0) is 67.7 Å². The summed E-state index contributed by atoms with van der Waals surface area (Å²) in [5.41, 5.74) is 2.68. The summed E-state index contributed by atoms with van der Waals surface area (Å²) in [6, 6.07) is 13.9. The van der Waals surface area contributed by atoms with Crippen LogP contribution in [0.3, 0.4) is 0 Å². The number of hydrogen-bond donors (Lipinski definition) is 1. The molecule has 8 heteroatoms. The molecule has 0 bridgehead atoms. The fraction of sp³-hybridized carbons (Fsp3) is 0.458. The molecule has 1 atom stereocenters. The molecule has 2 aromatic rings. The molecule has 0 spiro atoms. The molecule has 7 nitrogen and oxygen atoms in total. The largest absolute Gasteiger partial charge is 0.497 e. The van der Waals surface area contributed by atoms with Gasteiger partial charge in [-0.2, -0.15) is 0 Å². The molecule has 0 unspecified atom stereocenters. The van der Waals surface area contributed by atoms with Gasteiger partial charge in [-0.15, -0.1) is 0 Å². The Morgan fingerprint density at radius 3 is 2.28 bits per heavy atom. The molecule has 0 radical (unpaired) electrons. The van der Waals surface area contributed by atoms with Crippen LogP contribution in [0, 0.1) is 0 Å². The summed E-state index contributed by atoms with van der Waals surface area (Å²) in [7, 11) is -2.13. The maximum absolute atomic E-state index is 13.1. The van der Waals surface area contributed by atoms with Crippen LogP contribution in [-0.4, -0.2) is 51.7 Å². The lowest BCUT2D eigenvalue weighted by Gasteiger charge is -2.30. The van der Waals surface area contributed by atoms with Crippen LogP contribution in [0.25, 0.3) is 0 Å². The van der Waals surface area contributed by atoms with E-state index >= 15 is 0 Å². The van der Waals surface area contributed by atoms with E-state index in [2.05, 4.69) is 16.3 Å². The van der Waals surface area contributed by atoms with E-state index in [0.717, 1.165) is 31.5 Å². The summed E-state index contributed by atoms with van der Waals surface area (Å²) in [5.74, 6) is 0.305. The van der Waals surface area contributed by atoms with E-state index in [-0.39, 0.29) is 5.91 Å². The number of methoxy groups -OCH3 is 1. The van der Waals surface area contributed by atoms with Gasteiger partial charge in [0.2, 0.25) is 15.9 Å². The van der Waals surface area contributed by atoms with Crippen molar-refractivity contribution in [3.8, 4) is 5.75 Å². The molecular weight excluding hydrogens is 426 g/mol. The monoisotopic (exact) mass is 459 g/mol. The Morgan fingerprint density at radius 2 is 1.72 bits per heavy atom. The van der Waals surface area contributed by atoms with Gasteiger partial charge in [0.1, 0.15) is 11.8 Å². The molecule has 1 saturated heterocycles. The maximum atomic E-state index is 13.1. The third-order valence-corrected chi connectivity index (χ3v) is 7.00. The van der Waals surface area contributed by atoms with E-state index < -0.39 is 16.1 Å². The van der Waals surface area contributed by atoms with Crippen molar-refractivity contribution in [1.29, 1.82) is 0 Å². The second kappa shape index (κ2) is 10.8. The number of hydrogen-bond acceptors (Lipinski definition) is 5. The van der Waals surface area contributed by atoms with E-state index in [1.807, 2.05) is 25.1 Å². The third kappa shape index (κ3) is 6.01. The Labute approximate surface area is 191 Å². The number of rotatable bonds is 10. The molecule has 174 valence electrons. The Balaban J connectivity index is 1.75. The fourth-order valence-electron chi connectivity index (χ4n) is 4.16. The highest BCUT2D eigenvalue weighted by Crippen LogP contribution is 2.25. The number of nitrogens with one attached hydrogen (secondary N) is 1. The van der Waals surface area contributed by atoms with Crippen LogP contribution in [0.5, 0.6) is 5.75 Å². The highest BCUT2D eigenvalue weighted by atomic mass is 32.2. The van der Waals surface area contributed by atoms with Crippen molar-refractivity contribution in [1.82, 2.24) is 10.2 Å². The Kier molecular flexibility index (Phi) is 8.15. The van der Waals surface area contributed by atoms with Crippen molar-refractivity contribution >= 4 is 21.6 Å². The van der Waals surface area contributed by atoms with E-state index in [1.165, 1.54) is 22.7 Å². The zero-order chi connectivity index (χ0) is 23.1. The number of amides is 1. The molecular formula is C24H33N3O4S. The van der Waals surface area contributed by atoms with Crippen LogP contribution in [0.1, 0.15) is 37.3 Å². The lowest BCUT2D eigenvalue weighted by atomic mass is 10.1. The van der Waals surface area contributed by atoms with E-state index in [0.29, 0.717) is 24.4 Å². The van der Waals surface area contributed by atoms with Crippen LogP contribution in [0.15, 0.2) is 48.5 Å². The van der Waals surface area contributed by atoms with Crippen LogP contribution >= 0.6 is 0 Å². The molecule has 3 rings (SSSR count). The predicted molar refractivity (Wildman–Crippen MR) is 127 cm³/mol.